The van der Waals surface area contributed by atoms with E-state index in [1.54, 1.807) is 13.1 Å². The predicted octanol–water partition coefficient (Wildman–Crippen LogP) is 2.57. The first kappa shape index (κ1) is 13.2. The van der Waals surface area contributed by atoms with Gasteiger partial charge in [-0.25, -0.2) is 4.39 Å². The number of hydrogen-bond donors (Lipinski definition) is 2. The molecule has 0 spiro atoms. The zero-order valence-electron chi connectivity index (χ0n) is 11.6. The Hall–Kier alpha value is -1.84. The van der Waals surface area contributed by atoms with Gasteiger partial charge in [0.25, 0.3) is 0 Å². The van der Waals surface area contributed by atoms with Crippen molar-refractivity contribution in [3.05, 3.63) is 47.8 Å². The van der Waals surface area contributed by atoms with E-state index in [4.69, 9.17) is 0 Å². The van der Waals surface area contributed by atoms with Crippen molar-refractivity contribution in [3.63, 3.8) is 0 Å². The van der Waals surface area contributed by atoms with Crippen LogP contribution in [0.5, 0.6) is 0 Å². The first-order chi connectivity index (χ1) is 9.78. The molecule has 2 aliphatic carbocycles. The van der Waals surface area contributed by atoms with Gasteiger partial charge in [-0.1, -0.05) is 30.4 Å². The summed E-state index contributed by atoms with van der Waals surface area (Å²) < 4.78 is 13.7. The molecule has 1 fully saturated rings. The van der Waals surface area contributed by atoms with Gasteiger partial charge >= 0.3 is 0 Å². The van der Waals surface area contributed by atoms with Crippen LogP contribution in [0.1, 0.15) is 30.7 Å². The Balaban J connectivity index is 1.55. The van der Waals surface area contributed by atoms with Gasteiger partial charge in [-0.05, 0) is 30.9 Å². The molecule has 0 aromatic heterocycles. The van der Waals surface area contributed by atoms with Gasteiger partial charge in [0.05, 0.1) is 0 Å². The Morgan fingerprint density at radius 2 is 1.95 bits per heavy atom. The molecule has 4 heteroatoms. The van der Waals surface area contributed by atoms with Gasteiger partial charge in [-0.3, -0.25) is 4.99 Å². The number of nitrogens with zero attached hydrogens (tertiary/aromatic N) is 1. The molecular weight excluding hydrogens is 253 g/mol. The number of aliphatic imine (C=N–C) groups is 1. The van der Waals surface area contributed by atoms with Gasteiger partial charge in [0.1, 0.15) is 5.82 Å². The van der Waals surface area contributed by atoms with Crippen LogP contribution in [-0.2, 0) is 0 Å². The molecule has 2 unspecified atom stereocenters. The van der Waals surface area contributed by atoms with E-state index < -0.39 is 0 Å². The standard InChI is InChI=1S/C16H20FN3/c1-18-16(19-11-6-2-3-7-11)20-15-10-13(15)12-8-4-5-9-14(12)17/h2-5,8-9,11,13,15H,6-7,10H2,1H3,(H2,18,19,20). The Kier molecular flexibility index (Phi) is 3.72. The van der Waals surface area contributed by atoms with Crippen LogP contribution in [0.15, 0.2) is 41.4 Å². The zero-order chi connectivity index (χ0) is 13.9. The van der Waals surface area contributed by atoms with Crippen LogP contribution in [0.2, 0.25) is 0 Å². The highest BCUT2D eigenvalue weighted by Gasteiger charge is 2.40. The van der Waals surface area contributed by atoms with Gasteiger partial charge in [-0.15, -0.1) is 0 Å². The lowest BCUT2D eigenvalue weighted by molar-refractivity contribution is 0.605. The largest absolute Gasteiger partial charge is 0.353 e. The van der Waals surface area contributed by atoms with Crippen LogP contribution in [0.3, 0.4) is 0 Å². The summed E-state index contributed by atoms with van der Waals surface area (Å²) in [5.74, 6) is 0.976. The summed E-state index contributed by atoms with van der Waals surface area (Å²) in [5, 5.41) is 6.79. The van der Waals surface area contributed by atoms with Crippen molar-refractivity contribution in [2.75, 3.05) is 7.05 Å². The van der Waals surface area contributed by atoms with Crippen LogP contribution in [0.25, 0.3) is 0 Å². The van der Waals surface area contributed by atoms with Crippen LogP contribution >= 0.6 is 0 Å². The molecule has 3 rings (SSSR count). The molecule has 0 aliphatic heterocycles. The van der Waals surface area contributed by atoms with E-state index in [2.05, 4.69) is 27.8 Å². The third-order valence-electron chi connectivity index (χ3n) is 3.99. The highest BCUT2D eigenvalue weighted by atomic mass is 19.1. The summed E-state index contributed by atoms with van der Waals surface area (Å²) in [5.41, 5.74) is 0.808. The fraction of sp³-hybridized carbons (Fsp3) is 0.438. The second-order valence-electron chi connectivity index (χ2n) is 5.47. The summed E-state index contributed by atoms with van der Waals surface area (Å²) in [6.45, 7) is 0. The van der Waals surface area contributed by atoms with E-state index in [1.165, 1.54) is 6.07 Å². The number of rotatable bonds is 3. The van der Waals surface area contributed by atoms with E-state index in [0.717, 1.165) is 30.8 Å². The molecule has 20 heavy (non-hydrogen) atoms. The summed E-state index contributed by atoms with van der Waals surface area (Å²) in [6.07, 6.45) is 7.42. The highest BCUT2D eigenvalue weighted by molar-refractivity contribution is 5.81. The molecular formula is C16H20FN3. The average molecular weight is 273 g/mol. The monoisotopic (exact) mass is 273 g/mol. The van der Waals surface area contributed by atoms with E-state index >= 15 is 0 Å². The highest BCUT2D eigenvalue weighted by Crippen LogP contribution is 2.41. The van der Waals surface area contributed by atoms with Gasteiger partial charge < -0.3 is 10.6 Å². The Labute approximate surface area is 119 Å². The van der Waals surface area contributed by atoms with E-state index in [9.17, 15) is 4.39 Å². The lowest BCUT2D eigenvalue weighted by atomic mass is 10.1. The first-order valence-corrected chi connectivity index (χ1v) is 7.17. The molecule has 2 N–H and O–H groups in total. The third-order valence-corrected chi connectivity index (χ3v) is 3.99. The van der Waals surface area contributed by atoms with Crippen molar-refractivity contribution in [2.24, 2.45) is 4.99 Å². The van der Waals surface area contributed by atoms with Crippen molar-refractivity contribution >= 4 is 5.96 Å². The van der Waals surface area contributed by atoms with E-state index in [-0.39, 0.29) is 17.8 Å². The zero-order valence-corrected chi connectivity index (χ0v) is 11.6. The number of hydrogen-bond acceptors (Lipinski definition) is 1. The number of nitrogens with one attached hydrogen (secondary N) is 2. The molecule has 0 heterocycles. The topological polar surface area (TPSA) is 36.4 Å². The normalized spacial score (nSPS) is 25.8. The van der Waals surface area contributed by atoms with E-state index in [0.29, 0.717) is 6.04 Å². The molecule has 1 aromatic carbocycles. The lowest BCUT2D eigenvalue weighted by Gasteiger charge is -2.17. The second kappa shape index (κ2) is 5.65. The Morgan fingerprint density at radius 1 is 1.20 bits per heavy atom. The first-order valence-electron chi connectivity index (χ1n) is 7.17. The van der Waals surface area contributed by atoms with Gasteiger partial charge in [0.2, 0.25) is 0 Å². The predicted molar refractivity (Wildman–Crippen MR) is 79.3 cm³/mol. The van der Waals surface area contributed by atoms with Crippen LogP contribution in [0, 0.1) is 5.82 Å². The molecule has 106 valence electrons. The van der Waals surface area contributed by atoms with Gasteiger partial charge in [0.15, 0.2) is 5.96 Å². The minimum atomic E-state index is -0.107. The SMILES string of the molecule is CN=C(NC1CC=CC1)NC1CC1c1ccccc1F. The van der Waals surface area contributed by atoms with Crippen molar-refractivity contribution in [1.82, 2.24) is 10.6 Å². The van der Waals surface area contributed by atoms with Crippen LogP contribution < -0.4 is 10.6 Å². The Morgan fingerprint density at radius 3 is 2.65 bits per heavy atom. The molecule has 0 radical (unpaired) electrons. The maximum Gasteiger partial charge on any atom is 0.191 e. The van der Waals surface area contributed by atoms with Crippen LogP contribution in [-0.4, -0.2) is 25.1 Å². The minimum Gasteiger partial charge on any atom is -0.353 e. The molecule has 2 atom stereocenters. The summed E-state index contributed by atoms with van der Waals surface area (Å²) in [6, 6.07) is 7.75. The Bertz CT molecular complexity index is 530. The van der Waals surface area contributed by atoms with Crippen LogP contribution in [0.4, 0.5) is 4.39 Å². The fourth-order valence-electron chi connectivity index (χ4n) is 2.75. The van der Waals surface area contributed by atoms with E-state index in [1.807, 2.05) is 12.1 Å². The minimum absolute atomic E-state index is 0.107. The number of guanidine groups is 1. The summed E-state index contributed by atoms with van der Waals surface area (Å²) in [4.78, 5) is 4.26. The summed E-state index contributed by atoms with van der Waals surface area (Å²) in [7, 11) is 1.78. The molecule has 0 bridgehead atoms. The maximum absolute atomic E-state index is 13.7. The third kappa shape index (κ3) is 2.84. The lowest BCUT2D eigenvalue weighted by Crippen LogP contribution is -2.43. The maximum atomic E-state index is 13.7. The van der Waals surface area contributed by atoms with Gasteiger partial charge in [-0.2, -0.15) is 0 Å². The fourth-order valence-corrected chi connectivity index (χ4v) is 2.75. The second-order valence-corrected chi connectivity index (χ2v) is 5.47. The van der Waals surface area contributed by atoms with Crippen molar-refractivity contribution in [3.8, 4) is 0 Å². The molecule has 0 amide bonds. The average Bonchev–Trinajstić information content (AvgIpc) is 3.01. The molecule has 1 saturated carbocycles. The van der Waals surface area contributed by atoms with Crippen molar-refractivity contribution in [2.45, 2.75) is 37.3 Å². The number of benzene rings is 1. The van der Waals surface area contributed by atoms with Crippen molar-refractivity contribution in [1.29, 1.82) is 0 Å². The molecule has 2 aliphatic rings. The number of halogens is 1. The molecule has 3 nitrogen and oxygen atoms in total. The molecule has 1 aromatic rings. The molecule has 0 saturated heterocycles. The summed E-state index contributed by atoms with van der Waals surface area (Å²) >= 11 is 0. The van der Waals surface area contributed by atoms with Gasteiger partial charge in [0, 0.05) is 25.0 Å². The smallest absolute Gasteiger partial charge is 0.191 e. The quantitative estimate of drug-likeness (QED) is 0.504. The van der Waals surface area contributed by atoms with Crippen molar-refractivity contribution < 1.29 is 4.39 Å².